The first-order valence-electron chi connectivity index (χ1n) is 7.97. The smallest absolute Gasteiger partial charge is 0.307 e. The highest BCUT2D eigenvalue weighted by Gasteiger charge is 2.30. The summed E-state index contributed by atoms with van der Waals surface area (Å²) in [6.45, 7) is -0.283. The van der Waals surface area contributed by atoms with Gasteiger partial charge in [-0.3, -0.25) is 19.3 Å². The molecule has 2 N–H and O–H groups in total. The molecule has 1 atom stereocenters. The number of rotatable bonds is 6. The number of ether oxygens (including phenoxy) is 1. The monoisotopic (exact) mass is 407 g/mol. The molecule has 8 nitrogen and oxygen atoms in total. The van der Waals surface area contributed by atoms with Gasteiger partial charge in [-0.25, -0.2) is 8.42 Å². The molecule has 27 heavy (non-hydrogen) atoms. The van der Waals surface area contributed by atoms with Crippen LogP contribution < -0.4 is 10.0 Å². The normalized spacial score (nSPS) is 17.0. The Morgan fingerprint density at radius 3 is 2.74 bits per heavy atom. The van der Waals surface area contributed by atoms with Crippen LogP contribution in [-0.2, 0) is 24.3 Å². The third kappa shape index (κ3) is 4.34. The lowest BCUT2D eigenvalue weighted by molar-refractivity contribution is -0.141. The van der Waals surface area contributed by atoms with Crippen molar-refractivity contribution >= 4 is 39.1 Å². The second kappa shape index (κ2) is 7.89. The minimum absolute atomic E-state index is 0.00517. The van der Waals surface area contributed by atoms with E-state index in [1.165, 1.54) is 24.5 Å². The second-order valence-electron chi connectivity index (χ2n) is 5.68. The number of nitrogens with zero attached hydrogens (tertiary/aromatic N) is 1. The van der Waals surface area contributed by atoms with Crippen LogP contribution in [0.4, 0.5) is 0 Å². The van der Waals surface area contributed by atoms with E-state index in [2.05, 4.69) is 19.8 Å². The van der Waals surface area contributed by atoms with E-state index in [9.17, 15) is 18.0 Å². The third-order valence-corrected chi connectivity index (χ3v) is 6.25. The van der Waals surface area contributed by atoms with Gasteiger partial charge in [0, 0.05) is 10.4 Å². The number of nitrogens with one attached hydrogen (secondary N) is 2. The maximum absolute atomic E-state index is 12.3. The molecule has 0 saturated carbocycles. The van der Waals surface area contributed by atoms with Crippen LogP contribution >= 0.6 is 11.3 Å². The summed E-state index contributed by atoms with van der Waals surface area (Å²) in [7, 11) is -2.37. The van der Waals surface area contributed by atoms with E-state index in [1.54, 1.807) is 18.2 Å². The van der Waals surface area contributed by atoms with E-state index in [0.29, 0.717) is 5.56 Å². The van der Waals surface area contributed by atoms with Crippen molar-refractivity contribution in [3.63, 3.8) is 0 Å². The van der Waals surface area contributed by atoms with E-state index in [0.717, 1.165) is 4.88 Å². The van der Waals surface area contributed by atoms with Crippen molar-refractivity contribution in [2.75, 3.05) is 13.7 Å². The van der Waals surface area contributed by atoms with Crippen LogP contribution in [0.3, 0.4) is 0 Å². The average Bonchev–Trinajstić information content (AvgIpc) is 3.26. The van der Waals surface area contributed by atoms with Crippen LogP contribution in [0.25, 0.3) is 0 Å². The molecule has 0 radical (unpaired) electrons. The fourth-order valence-corrected chi connectivity index (χ4v) is 4.63. The number of benzene rings is 1. The van der Waals surface area contributed by atoms with Gasteiger partial charge in [-0.1, -0.05) is 18.2 Å². The van der Waals surface area contributed by atoms with Crippen LogP contribution in [-0.4, -0.2) is 39.8 Å². The lowest BCUT2D eigenvalue weighted by Crippen LogP contribution is -2.32. The largest absolute Gasteiger partial charge is 0.469 e. The molecule has 0 bridgehead atoms. The van der Waals surface area contributed by atoms with Crippen molar-refractivity contribution < 1.29 is 22.7 Å². The van der Waals surface area contributed by atoms with Gasteiger partial charge in [0.25, 0.3) is 10.0 Å². The summed E-state index contributed by atoms with van der Waals surface area (Å²) in [6.07, 6.45) is -0.00517. The summed E-state index contributed by atoms with van der Waals surface area (Å²) in [5, 5.41) is 4.58. The standard InChI is InChI=1S/C17H17N3O5S2/c1-25-16(22)9-12(13-6-4-8-26-13)19-15(21)10-18-17-11-5-2-3-7-14(11)27(23,24)20-17/h2-8,12H,9-10H2,1H3,(H,18,20)(H,19,21). The number of hydrogen-bond donors (Lipinski definition) is 2. The average molecular weight is 407 g/mol. The number of fused-ring (bicyclic) bond motifs is 1. The summed E-state index contributed by atoms with van der Waals surface area (Å²) in [5.74, 6) is -0.757. The number of thiophene rings is 1. The number of carbonyl (C=O) groups excluding carboxylic acids is 2. The summed E-state index contributed by atoms with van der Waals surface area (Å²) in [4.78, 5) is 28.9. The summed E-state index contributed by atoms with van der Waals surface area (Å²) >= 11 is 1.41. The Morgan fingerprint density at radius 1 is 1.26 bits per heavy atom. The molecule has 0 fully saturated rings. The molecule has 3 rings (SSSR count). The van der Waals surface area contributed by atoms with Gasteiger partial charge in [0.05, 0.1) is 24.5 Å². The first-order valence-corrected chi connectivity index (χ1v) is 10.3. The molecule has 1 aliphatic rings. The lowest BCUT2D eigenvalue weighted by atomic mass is 10.1. The molecule has 0 saturated heterocycles. The topological polar surface area (TPSA) is 114 Å². The van der Waals surface area contributed by atoms with Gasteiger partial charge in [-0.2, -0.15) is 0 Å². The molecular weight excluding hydrogens is 390 g/mol. The lowest BCUT2D eigenvalue weighted by Gasteiger charge is -2.15. The minimum Gasteiger partial charge on any atom is -0.469 e. The van der Waals surface area contributed by atoms with Crippen LogP contribution in [0.15, 0.2) is 51.7 Å². The predicted molar refractivity (Wildman–Crippen MR) is 100 cm³/mol. The van der Waals surface area contributed by atoms with Gasteiger partial charge in [0.1, 0.15) is 12.4 Å². The van der Waals surface area contributed by atoms with Gasteiger partial charge in [-0.05, 0) is 23.6 Å². The zero-order chi connectivity index (χ0) is 19.4. The summed E-state index contributed by atoms with van der Waals surface area (Å²) in [6, 6.07) is 9.51. The Bertz CT molecular complexity index is 984. The van der Waals surface area contributed by atoms with E-state index in [1.807, 2.05) is 17.5 Å². The van der Waals surface area contributed by atoms with Crippen molar-refractivity contribution in [3.8, 4) is 0 Å². The van der Waals surface area contributed by atoms with Crippen molar-refractivity contribution in [2.45, 2.75) is 17.4 Å². The van der Waals surface area contributed by atoms with Crippen LogP contribution in [0.5, 0.6) is 0 Å². The Hall–Kier alpha value is -2.72. The van der Waals surface area contributed by atoms with Crippen molar-refractivity contribution in [1.29, 1.82) is 0 Å². The molecule has 2 heterocycles. The number of sulfonamides is 1. The molecule has 1 aliphatic heterocycles. The zero-order valence-corrected chi connectivity index (χ0v) is 16.0. The molecule has 2 aromatic rings. The third-order valence-electron chi connectivity index (χ3n) is 3.86. The van der Waals surface area contributed by atoms with E-state index in [4.69, 9.17) is 0 Å². The maximum Gasteiger partial charge on any atom is 0.307 e. The number of carbonyl (C=O) groups is 2. The van der Waals surface area contributed by atoms with Gasteiger partial charge in [0.15, 0.2) is 0 Å². The number of hydrogen-bond acceptors (Lipinski definition) is 7. The van der Waals surface area contributed by atoms with Gasteiger partial charge < -0.3 is 10.1 Å². The Balaban J connectivity index is 1.72. The van der Waals surface area contributed by atoms with Crippen LogP contribution in [0.2, 0.25) is 0 Å². The Kier molecular flexibility index (Phi) is 5.57. The first kappa shape index (κ1) is 19.1. The number of aliphatic imine (C=N–C) groups is 1. The van der Waals surface area contributed by atoms with Crippen LogP contribution in [0.1, 0.15) is 22.9 Å². The number of amides is 1. The molecule has 1 aromatic carbocycles. The summed E-state index contributed by atoms with van der Waals surface area (Å²) < 4.78 is 31.1. The molecule has 1 amide bonds. The van der Waals surface area contributed by atoms with Gasteiger partial charge in [0.2, 0.25) is 5.91 Å². The SMILES string of the molecule is COC(=O)CC(NC(=O)CN=C1NS(=O)(=O)c2ccccc21)c1cccs1. The van der Waals surface area contributed by atoms with Gasteiger partial charge in [-0.15, -0.1) is 11.3 Å². The zero-order valence-electron chi connectivity index (χ0n) is 14.3. The maximum atomic E-state index is 12.3. The van der Waals surface area contributed by atoms with Crippen molar-refractivity contribution in [1.82, 2.24) is 10.0 Å². The highest BCUT2D eigenvalue weighted by molar-refractivity contribution is 7.90. The minimum atomic E-state index is -3.65. The molecular formula is C17H17N3O5S2. The quantitative estimate of drug-likeness (QED) is 0.699. The molecule has 0 aliphatic carbocycles. The molecule has 1 unspecified atom stereocenters. The molecule has 0 spiro atoms. The van der Waals surface area contributed by atoms with E-state index < -0.39 is 27.9 Å². The fourth-order valence-electron chi connectivity index (χ4n) is 2.60. The first-order chi connectivity index (χ1) is 12.9. The molecule has 1 aromatic heterocycles. The Morgan fingerprint density at radius 2 is 2.04 bits per heavy atom. The second-order valence-corrected chi connectivity index (χ2v) is 8.31. The van der Waals surface area contributed by atoms with Gasteiger partial charge >= 0.3 is 5.97 Å². The number of esters is 1. The van der Waals surface area contributed by atoms with E-state index >= 15 is 0 Å². The summed E-state index contributed by atoms with van der Waals surface area (Å²) in [5.41, 5.74) is 0.426. The van der Waals surface area contributed by atoms with Crippen molar-refractivity contribution in [3.05, 3.63) is 52.2 Å². The highest BCUT2D eigenvalue weighted by Crippen LogP contribution is 2.23. The number of amidine groups is 1. The fraction of sp³-hybridized carbons (Fsp3) is 0.235. The van der Waals surface area contributed by atoms with E-state index in [-0.39, 0.29) is 23.7 Å². The molecule has 10 heteroatoms. The highest BCUT2D eigenvalue weighted by atomic mass is 32.2. The van der Waals surface area contributed by atoms with Crippen LogP contribution in [0, 0.1) is 0 Å². The number of methoxy groups -OCH3 is 1. The molecule has 142 valence electrons. The van der Waals surface area contributed by atoms with Crippen molar-refractivity contribution in [2.24, 2.45) is 4.99 Å². The predicted octanol–water partition coefficient (Wildman–Crippen LogP) is 1.21. The Labute approximate surface area is 160 Å².